The summed E-state index contributed by atoms with van der Waals surface area (Å²) in [5.74, 6) is -7.87. The van der Waals surface area contributed by atoms with Crippen molar-refractivity contribution in [2.45, 2.75) is 56.1 Å². The molecule has 1 saturated heterocycles. The van der Waals surface area contributed by atoms with Gasteiger partial charge in [0, 0.05) is 26.8 Å². The van der Waals surface area contributed by atoms with Crippen molar-refractivity contribution in [1.82, 2.24) is 10.6 Å². The second-order valence-electron chi connectivity index (χ2n) is 6.16. The second kappa shape index (κ2) is 8.20. The Hall–Kier alpha value is -1.89. The third kappa shape index (κ3) is 4.44. The highest BCUT2D eigenvalue weighted by molar-refractivity contribution is 5.79. The average Bonchev–Trinajstić information content (AvgIpc) is 2.55. The van der Waals surface area contributed by atoms with Gasteiger partial charge >= 0.3 is 11.8 Å². The summed E-state index contributed by atoms with van der Waals surface area (Å²) in [4.78, 5) is 34.0. The van der Waals surface area contributed by atoms with E-state index >= 15 is 0 Å². The lowest BCUT2D eigenvalue weighted by Crippen LogP contribution is -2.74. The normalized spacial score (nSPS) is 33.8. The van der Waals surface area contributed by atoms with E-state index in [0.29, 0.717) is 0 Å². The largest absolute Gasteiger partial charge is 0.477 e. The third-order valence-corrected chi connectivity index (χ3v) is 4.03. The number of hydrogen-bond donors (Lipinski definition) is 6. The van der Waals surface area contributed by atoms with Gasteiger partial charge in [0.1, 0.15) is 12.2 Å². The van der Waals surface area contributed by atoms with Crippen LogP contribution in [0.25, 0.3) is 0 Å². The molecule has 0 spiro atoms. The van der Waals surface area contributed by atoms with Crippen LogP contribution in [0.4, 0.5) is 8.78 Å². The molecule has 1 aliphatic rings. The third-order valence-electron chi connectivity index (χ3n) is 4.03. The van der Waals surface area contributed by atoms with Gasteiger partial charge in [-0.2, -0.15) is 4.39 Å². The van der Waals surface area contributed by atoms with Gasteiger partial charge in [-0.25, -0.2) is 9.18 Å². The number of carbonyl (C=O) groups excluding carboxylic acids is 2. The molecule has 150 valence electrons. The first-order valence-electron chi connectivity index (χ1n) is 7.64. The van der Waals surface area contributed by atoms with Crippen LogP contribution < -0.4 is 10.6 Å². The Kier molecular flexibility index (Phi) is 6.99. The molecule has 6 N–H and O–H groups in total. The Morgan fingerprint density at radius 3 is 2.27 bits per heavy atom. The number of amides is 2. The number of nitrogens with one attached hydrogen (secondary N) is 2. The summed E-state index contributed by atoms with van der Waals surface area (Å²) in [6.45, 7) is 0.358. The molecule has 26 heavy (non-hydrogen) atoms. The number of aliphatic carboxylic acids is 1. The number of halogens is 2. The van der Waals surface area contributed by atoms with Gasteiger partial charge in [0.05, 0.1) is 18.2 Å². The van der Waals surface area contributed by atoms with E-state index in [1.807, 2.05) is 0 Å². The minimum absolute atomic E-state index is 0.666. The topological polar surface area (TPSA) is 165 Å². The van der Waals surface area contributed by atoms with Crippen LogP contribution >= 0.6 is 0 Å². The number of aliphatic hydroxyl groups is 3. The molecule has 6 atom stereocenters. The van der Waals surface area contributed by atoms with Crippen molar-refractivity contribution in [2.75, 3.05) is 13.2 Å². The van der Waals surface area contributed by atoms with Gasteiger partial charge in [0.15, 0.2) is 6.17 Å². The van der Waals surface area contributed by atoms with Crippen LogP contribution in [0.3, 0.4) is 0 Å². The molecule has 0 radical (unpaired) electrons. The number of alkyl halides is 2. The predicted molar refractivity (Wildman–Crippen MR) is 80.2 cm³/mol. The molecule has 0 bridgehead atoms. The highest BCUT2D eigenvalue weighted by atomic mass is 19.2. The molecule has 0 aromatic rings. The molecule has 1 rings (SSSR count). The molecule has 10 nitrogen and oxygen atoms in total. The molecular formula is C14H22F2N2O8. The van der Waals surface area contributed by atoms with E-state index in [2.05, 4.69) is 15.4 Å². The molecule has 12 heteroatoms. The molecule has 0 saturated carbocycles. The zero-order valence-electron chi connectivity index (χ0n) is 14.1. The summed E-state index contributed by atoms with van der Waals surface area (Å²) in [7, 11) is 0. The van der Waals surface area contributed by atoms with Gasteiger partial charge in [0.25, 0.3) is 0 Å². The van der Waals surface area contributed by atoms with E-state index in [0.717, 1.165) is 13.8 Å². The fraction of sp³-hybridized carbons (Fsp3) is 0.786. The first-order valence-corrected chi connectivity index (χ1v) is 7.64. The van der Waals surface area contributed by atoms with Gasteiger partial charge in [-0.15, -0.1) is 0 Å². The summed E-state index contributed by atoms with van der Waals surface area (Å²) in [5, 5.41) is 41.7. The first kappa shape index (κ1) is 22.2. The molecule has 0 aromatic carbocycles. The smallest absolute Gasteiger partial charge is 0.372 e. The van der Waals surface area contributed by atoms with E-state index in [4.69, 9.17) is 10.2 Å². The van der Waals surface area contributed by atoms with Gasteiger partial charge in [-0.05, 0) is 0 Å². The molecule has 1 aliphatic heterocycles. The van der Waals surface area contributed by atoms with Crippen LogP contribution in [0.5, 0.6) is 0 Å². The number of ether oxygens (including phenoxy) is 1. The predicted octanol–water partition coefficient (Wildman–Crippen LogP) is -2.41. The van der Waals surface area contributed by atoms with Gasteiger partial charge in [0.2, 0.25) is 11.8 Å². The van der Waals surface area contributed by atoms with Crippen molar-refractivity contribution < 1.29 is 48.3 Å². The van der Waals surface area contributed by atoms with Crippen LogP contribution in [-0.4, -0.2) is 87.2 Å². The van der Waals surface area contributed by atoms with Gasteiger partial charge in [-0.3, -0.25) is 9.59 Å². The lowest BCUT2D eigenvalue weighted by molar-refractivity contribution is -0.283. The minimum atomic E-state index is -3.99. The Morgan fingerprint density at radius 2 is 1.85 bits per heavy atom. The van der Waals surface area contributed by atoms with Crippen molar-refractivity contribution in [1.29, 1.82) is 0 Å². The maximum absolute atomic E-state index is 14.9. The molecule has 0 aromatic heterocycles. The molecule has 0 aliphatic carbocycles. The minimum Gasteiger partial charge on any atom is -0.477 e. The molecule has 3 unspecified atom stereocenters. The zero-order chi connectivity index (χ0) is 20.3. The second-order valence-corrected chi connectivity index (χ2v) is 6.16. The fourth-order valence-corrected chi connectivity index (χ4v) is 2.80. The van der Waals surface area contributed by atoms with Crippen LogP contribution in [-0.2, 0) is 19.1 Å². The van der Waals surface area contributed by atoms with Crippen LogP contribution in [0.2, 0.25) is 0 Å². The Balaban J connectivity index is 3.38. The summed E-state index contributed by atoms with van der Waals surface area (Å²) in [6.07, 6.45) is -9.30. The number of hydrogen-bond acceptors (Lipinski definition) is 7. The summed E-state index contributed by atoms with van der Waals surface area (Å²) in [6, 6.07) is 0. The number of carbonyl (C=O) groups is 3. The summed E-state index contributed by atoms with van der Waals surface area (Å²) < 4.78 is 34.3. The SMILES string of the molecule is CC(=O)NCC1(NC(C)=O)CC([C@H](O)[C@H](O)CO)O[C@@](F)(C(=O)O)C1F. The lowest BCUT2D eigenvalue weighted by atomic mass is 9.78. The van der Waals surface area contributed by atoms with Crippen molar-refractivity contribution in [2.24, 2.45) is 0 Å². The van der Waals surface area contributed by atoms with Crippen molar-refractivity contribution in [3.05, 3.63) is 0 Å². The number of aliphatic hydroxyl groups excluding tert-OH is 3. The van der Waals surface area contributed by atoms with Crippen molar-refractivity contribution in [3.8, 4) is 0 Å². The molecule has 1 heterocycles. The Bertz CT molecular complexity index is 565. The van der Waals surface area contributed by atoms with E-state index in [1.54, 1.807) is 0 Å². The van der Waals surface area contributed by atoms with Gasteiger partial charge < -0.3 is 35.8 Å². The highest BCUT2D eigenvalue weighted by Crippen LogP contribution is 2.41. The van der Waals surface area contributed by atoms with E-state index in [9.17, 15) is 33.4 Å². The highest BCUT2D eigenvalue weighted by Gasteiger charge is 2.65. The number of carboxylic acid groups (broad SMARTS) is 1. The van der Waals surface area contributed by atoms with Crippen LogP contribution in [0.15, 0.2) is 0 Å². The lowest BCUT2D eigenvalue weighted by Gasteiger charge is -2.49. The molecule has 1 fully saturated rings. The maximum atomic E-state index is 14.9. The van der Waals surface area contributed by atoms with Crippen LogP contribution in [0.1, 0.15) is 20.3 Å². The van der Waals surface area contributed by atoms with Gasteiger partial charge in [-0.1, -0.05) is 0 Å². The molecular weight excluding hydrogens is 362 g/mol. The zero-order valence-corrected chi connectivity index (χ0v) is 14.1. The number of rotatable bonds is 7. The monoisotopic (exact) mass is 384 g/mol. The summed E-state index contributed by atoms with van der Waals surface area (Å²) >= 11 is 0. The van der Waals surface area contributed by atoms with Crippen LogP contribution in [0, 0.1) is 0 Å². The van der Waals surface area contributed by atoms with E-state index < -0.39 is 73.2 Å². The first-order chi connectivity index (χ1) is 11.9. The Morgan fingerprint density at radius 1 is 1.27 bits per heavy atom. The number of carboxylic acids is 1. The standard InChI is InChI=1S/C14H22F2N2O8/c1-6(20)17-5-13(18-7(2)21)3-9(10(23)8(22)4-19)26-14(16,11(13)15)12(24)25/h8-11,19,22-23H,3-5H2,1-2H3,(H,17,20)(H,18,21)(H,24,25)/t8-,9?,10-,11?,13?,14-/m1/s1. The molecule has 2 amide bonds. The maximum Gasteiger partial charge on any atom is 0.372 e. The van der Waals surface area contributed by atoms with E-state index in [1.165, 1.54) is 0 Å². The fourth-order valence-electron chi connectivity index (χ4n) is 2.80. The van der Waals surface area contributed by atoms with Crippen molar-refractivity contribution >= 4 is 17.8 Å². The van der Waals surface area contributed by atoms with E-state index in [-0.39, 0.29) is 0 Å². The summed E-state index contributed by atoms with van der Waals surface area (Å²) in [5.41, 5.74) is -2.29. The average molecular weight is 384 g/mol. The quantitative estimate of drug-likeness (QED) is 0.282. The van der Waals surface area contributed by atoms with Crippen molar-refractivity contribution in [3.63, 3.8) is 0 Å². The Labute approximate surface area is 147 Å².